The van der Waals surface area contributed by atoms with E-state index in [0.29, 0.717) is 11.7 Å². The Kier molecular flexibility index (Phi) is 6.13. The smallest absolute Gasteiger partial charge is 0.230 e. The molecule has 0 saturated carbocycles. The van der Waals surface area contributed by atoms with E-state index in [4.69, 9.17) is 4.74 Å². The molecule has 2 aromatic carbocycles. The molecule has 0 fully saturated rings. The van der Waals surface area contributed by atoms with Gasteiger partial charge in [-0.1, -0.05) is 48.2 Å². The molecule has 3 aromatic rings. The van der Waals surface area contributed by atoms with Gasteiger partial charge in [-0.05, 0) is 30.2 Å². The number of hydrogen-bond acceptors (Lipinski definition) is 5. The molecule has 0 radical (unpaired) electrons. The Morgan fingerprint density at radius 2 is 1.89 bits per heavy atom. The average molecular weight is 382 g/mol. The van der Waals surface area contributed by atoms with Gasteiger partial charge in [-0.25, -0.2) is 0 Å². The highest BCUT2D eigenvalue weighted by Gasteiger charge is 2.14. The Morgan fingerprint density at radius 1 is 1.15 bits per heavy atom. The van der Waals surface area contributed by atoms with Crippen LogP contribution in [0, 0.1) is 6.92 Å². The third kappa shape index (κ3) is 4.68. The number of aromatic nitrogens is 3. The molecule has 0 aliphatic carbocycles. The molecular weight excluding hydrogens is 360 g/mol. The highest BCUT2D eigenvalue weighted by atomic mass is 32.2. The molecule has 0 unspecified atom stereocenters. The molecule has 6 nitrogen and oxygen atoms in total. The molecule has 0 saturated heterocycles. The van der Waals surface area contributed by atoms with Gasteiger partial charge in [-0.15, -0.1) is 10.2 Å². The van der Waals surface area contributed by atoms with Crippen LogP contribution in [0.1, 0.15) is 11.1 Å². The topological polar surface area (TPSA) is 69.0 Å². The van der Waals surface area contributed by atoms with Crippen molar-refractivity contribution in [2.24, 2.45) is 7.05 Å². The first kappa shape index (κ1) is 19.0. The highest BCUT2D eigenvalue weighted by Crippen LogP contribution is 2.24. The van der Waals surface area contributed by atoms with Crippen LogP contribution in [-0.2, 0) is 18.4 Å². The van der Waals surface area contributed by atoms with Crippen LogP contribution < -0.4 is 10.1 Å². The molecule has 1 heterocycles. The normalized spacial score (nSPS) is 10.6. The summed E-state index contributed by atoms with van der Waals surface area (Å²) in [5.41, 5.74) is 3.21. The maximum absolute atomic E-state index is 12.1. The molecule has 0 atom stereocenters. The number of methoxy groups -OCH3 is 1. The van der Waals surface area contributed by atoms with E-state index in [1.54, 1.807) is 7.11 Å². The molecule has 1 aromatic heterocycles. The molecule has 140 valence electrons. The standard InChI is InChI=1S/C20H22N4O2S/c1-14-6-4-5-7-17(14)19-22-23-20(24(19)2)27-13-18(25)21-12-15-8-10-16(26-3)11-9-15/h4-11H,12-13H2,1-3H3,(H,21,25). The number of rotatable bonds is 7. The summed E-state index contributed by atoms with van der Waals surface area (Å²) < 4.78 is 7.05. The third-order valence-corrected chi connectivity index (χ3v) is 5.22. The lowest BCUT2D eigenvalue weighted by atomic mass is 10.1. The lowest BCUT2D eigenvalue weighted by molar-refractivity contribution is -0.118. The van der Waals surface area contributed by atoms with Crippen LogP contribution in [0.4, 0.5) is 0 Å². The zero-order valence-electron chi connectivity index (χ0n) is 15.6. The van der Waals surface area contributed by atoms with Gasteiger partial charge in [-0.2, -0.15) is 0 Å². The average Bonchev–Trinajstić information content (AvgIpc) is 3.06. The van der Waals surface area contributed by atoms with Gasteiger partial charge in [0.15, 0.2) is 11.0 Å². The number of carbonyl (C=O) groups excluding carboxylic acids is 1. The minimum atomic E-state index is -0.0451. The number of thioether (sulfide) groups is 1. The van der Waals surface area contributed by atoms with Crippen molar-refractivity contribution in [1.82, 2.24) is 20.1 Å². The van der Waals surface area contributed by atoms with E-state index in [2.05, 4.69) is 15.5 Å². The van der Waals surface area contributed by atoms with Crippen molar-refractivity contribution in [3.8, 4) is 17.1 Å². The predicted molar refractivity (Wildman–Crippen MR) is 107 cm³/mol. The maximum Gasteiger partial charge on any atom is 0.230 e. The second-order valence-corrected chi connectivity index (χ2v) is 7.04. The summed E-state index contributed by atoms with van der Waals surface area (Å²) in [6.45, 7) is 2.53. The largest absolute Gasteiger partial charge is 0.497 e. The first-order chi connectivity index (χ1) is 13.1. The van der Waals surface area contributed by atoms with E-state index in [1.165, 1.54) is 11.8 Å². The molecule has 1 N–H and O–H groups in total. The van der Waals surface area contributed by atoms with Crippen molar-refractivity contribution in [1.29, 1.82) is 0 Å². The van der Waals surface area contributed by atoms with Crippen LogP contribution in [0.2, 0.25) is 0 Å². The minimum absolute atomic E-state index is 0.0451. The lowest BCUT2D eigenvalue weighted by Gasteiger charge is -2.07. The van der Waals surface area contributed by atoms with Crippen molar-refractivity contribution in [2.75, 3.05) is 12.9 Å². The summed E-state index contributed by atoms with van der Waals surface area (Å²) >= 11 is 1.38. The summed E-state index contributed by atoms with van der Waals surface area (Å²) in [6.07, 6.45) is 0. The van der Waals surface area contributed by atoms with Crippen molar-refractivity contribution in [3.05, 3.63) is 59.7 Å². The van der Waals surface area contributed by atoms with Gasteiger partial charge < -0.3 is 14.6 Å². The van der Waals surface area contributed by atoms with Gasteiger partial charge in [0, 0.05) is 19.2 Å². The van der Waals surface area contributed by atoms with Crippen LogP contribution in [0.3, 0.4) is 0 Å². The highest BCUT2D eigenvalue weighted by molar-refractivity contribution is 7.99. The number of nitrogens with one attached hydrogen (secondary N) is 1. The molecule has 27 heavy (non-hydrogen) atoms. The molecule has 0 aliphatic rings. The minimum Gasteiger partial charge on any atom is -0.497 e. The molecular formula is C20H22N4O2S. The van der Waals surface area contributed by atoms with Crippen LogP contribution in [0.5, 0.6) is 5.75 Å². The van der Waals surface area contributed by atoms with E-state index < -0.39 is 0 Å². The fourth-order valence-electron chi connectivity index (χ4n) is 2.62. The maximum atomic E-state index is 12.1. The number of amides is 1. The fourth-order valence-corrected chi connectivity index (χ4v) is 3.37. The number of nitrogens with zero attached hydrogens (tertiary/aromatic N) is 3. The van der Waals surface area contributed by atoms with Gasteiger partial charge in [0.1, 0.15) is 5.75 Å². The molecule has 7 heteroatoms. The summed E-state index contributed by atoms with van der Waals surface area (Å²) in [7, 11) is 3.55. The molecule has 3 rings (SSSR count). The number of carbonyl (C=O) groups is 1. The number of ether oxygens (including phenoxy) is 1. The summed E-state index contributed by atoms with van der Waals surface area (Å²) in [6, 6.07) is 15.7. The SMILES string of the molecule is COc1ccc(CNC(=O)CSc2nnc(-c3ccccc3C)n2C)cc1. The van der Waals surface area contributed by atoms with Crippen molar-refractivity contribution >= 4 is 17.7 Å². The Hall–Kier alpha value is -2.80. The Morgan fingerprint density at radius 3 is 2.59 bits per heavy atom. The van der Waals surface area contributed by atoms with Crippen molar-refractivity contribution < 1.29 is 9.53 Å². The van der Waals surface area contributed by atoms with Gasteiger partial charge in [0.25, 0.3) is 0 Å². The third-order valence-electron chi connectivity index (χ3n) is 4.20. The Balaban J connectivity index is 1.55. The Bertz CT molecular complexity index is 922. The zero-order valence-corrected chi connectivity index (χ0v) is 16.4. The summed E-state index contributed by atoms with van der Waals surface area (Å²) in [5, 5.41) is 12.1. The first-order valence-corrected chi connectivity index (χ1v) is 9.55. The summed E-state index contributed by atoms with van der Waals surface area (Å²) in [5.74, 6) is 1.84. The number of hydrogen-bond donors (Lipinski definition) is 1. The van der Waals surface area contributed by atoms with Crippen LogP contribution in [0.25, 0.3) is 11.4 Å². The van der Waals surface area contributed by atoms with Crippen LogP contribution in [-0.4, -0.2) is 33.5 Å². The van der Waals surface area contributed by atoms with E-state index in [-0.39, 0.29) is 11.7 Å². The number of aryl methyl sites for hydroxylation is 1. The van der Waals surface area contributed by atoms with Gasteiger partial charge in [0.2, 0.25) is 5.91 Å². The van der Waals surface area contributed by atoms with E-state index in [9.17, 15) is 4.79 Å². The lowest BCUT2D eigenvalue weighted by Crippen LogP contribution is -2.24. The second-order valence-electron chi connectivity index (χ2n) is 6.09. The van der Waals surface area contributed by atoms with Crippen molar-refractivity contribution in [3.63, 3.8) is 0 Å². The predicted octanol–water partition coefficient (Wildman–Crippen LogP) is 3.21. The van der Waals surface area contributed by atoms with E-state index in [0.717, 1.165) is 28.3 Å². The quantitative estimate of drug-likeness (QED) is 0.636. The second kappa shape index (κ2) is 8.73. The molecule has 0 bridgehead atoms. The summed E-state index contributed by atoms with van der Waals surface area (Å²) in [4.78, 5) is 12.1. The van der Waals surface area contributed by atoms with Crippen LogP contribution in [0.15, 0.2) is 53.7 Å². The Labute approximate surface area is 163 Å². The zero-order chi connectivity index (χ0) is 19.2. The number of benzene rings is 2. The monoisotopic (exact) mass is 382 g/mol. The molecule has 1 amide bonds. The fraction of sp³-hybridized carbons (Fsp3) is 0.250. The first-order valence-electron chi connectivity index (χ1n) is 8.56. The van der Waals surface area contributed by atoms with Crippen molar-refractivity contribution in [2.45, 2.75) is 18.6 Å². The van der Waals surface area contributed by atoms with Crippen LogP contribution >= 0.6 is 11.8 Å². The van der Waals surface area contributed by atoms with Gasteiger partial charge in [0.05, 0.1) is 12.9 Å². The van der Waals surface area contributed by atoms with Gasteiger partial charge in [-0.3, -0.25) is 4.79 Å². The molecule has 0 spiro atoms. The molecule has 0 aliphatic heterocycles. The van der Waals surface area contributed by atoms with Gasteiger partial charge >= 0.3 is 0 Å². The van der Waals surface area contributed by atoms with E-state index >= 15 is 0 Å². The van der Waals surface area contributed by atoms with E-state index in [1.807, 2.05) is 67.1 Å².